The van der Waals surface area contributed by atoms with Crippen molar-refractivity contribution in [2.75, 3.05) is 26.2 Å². The molecule has 2 aliphatic rings. The van der Waals surface area contributed by atoms with Crippen LogP contribution in [-0.2, 0) is 21.2 Å². The number of hydrogen-bond donors (Lipinski definition) is 0. The van der Waals surface area contributed by atoms with Crippen LogP contribution in [0.4, 0.5) is 0 Å². The molecule has 0 bridgehead atoms. The van der Waals surface area contributed by atoms with E-state index in [0.717, 1.165) is 38.8 Å². The summed E-state index contributed by atoms with van der Waals surface area (Å²) in [7, 11) is -3.62. The molecule has 2 aliphatic heterocycles. The minimum atomic E-state index is -3.62. The molecule has 0 unspecified atom stereocenters. The van der Waals surface area contributed by atoms with E-state index in [1.807, 2.05) is 4.90 Å². The van der Waals surface area contributed by atoms with Crippen molar-refractivity contribution in [1.29, 1.82) is 0 Å². The first-order valence-electron chi connectivity index (χ1n) is 12.7. The molecule has 0 atom stereocenters. The van der Waals surface area contributed by atoms with E-state index >= 15 is 0 Å². The first-order chi connectivity index (χ1) is 16.7. The third kappa shape index (κ3) is 6.19. The third-order valence-corrected chi connectivity index (χ3v) is 9.50. The Morgan fingerprint density at radius 3 is 2.03 bits per heavy atom. The Morgan fingerprint density at radius 2 is 1.46 bits per heavy atom. The van der Waals surface area contributed by atoms with E-state index in [9.17, 15) is 18.0 Å². The number of carbonyl (C=O) groups is 2. The van der Waals surface area contributed by atoms with Gasteiger partial charge in [0, 0.05) is 37.7 Å². The van der Waals surface area contributed by atoms with Gasteiger partial charge < -0.3 is 4.90 Å². The molecule has 188 valence electrons. The van der Waals surface area contributed by atoms with Gasteiger partial charge in [-0.25, -0.2) is 8.42 Å². The predicted octanol–water partition coefficient (Wildman–Crippen LogP) is 4.47. The van der Waals surface area contributed by atoms with Gasteiger partial charge in [0.1, 0.15) is 0 Å². The van der Waals surface area contributed by atoms with Crippen molar-refractivity contribution in [1.82, 2.24) is 9.21 Å². The lowest BCUT2D eigenvalue weighted by molar-refractivity contribution is -0.138. The molecule has 1 amide bonds. The van der Waals surface area contributed by atoms with E-state index in [-0.39, 0.29) is 22.5 Å². The Labute approximate surface area is 209 Å². The fraction of sp³-hybridized carbons (Fsp3) is 0.500. The number of Topliss-reactive ketones (excluding diaryl/α,β-unsaturated/α-hetero) is 1. The topological polar surface area (TPSA) is 74.8 Å². The summed E-state index contributed by atoms with van der Waals surface area (Å²) >= 11 is 0. The summed E-state index contributed by atoms with van der Waals surface area (Å²) in [6.07, 6.45) is 5.44. The summed E-state index contributed by atoms with van der Waals surface area (Å²) in [6.45, 7) is 5.87. The normalized spacial score (nSPS) is 18.5. The van der Waals surface area contributed by atoms with Crippen molar-refractivity contribution in [3.63, 3.8) is 0 Å². The van der Waals surface area contributed by atoms with Crippen molar-refractivity contribution in [3.05, 3.63) is 65.2 Å². The number of nitrogens with zero attached hydrogens (tertiary/aromatic N) is 2. The van der Waals surface area contributed by atoms with E-state index in [0.29, 0.717) is 37.4 Å². The van der Waals surface area contributed by atoms with E-state index in [4.69, 9.17) is 0 Å². The number of hydrogen-bond acceptors (Lipinski definition) is 4. The highest BCUT2D eigenvalue weighted by Gasteiger charge is 2.34. The van der Waals surface area contributed by atoms with Crippen LogP contribution in [0.1, 0.15) is 60.5 Å². The molecule has 4 rings (SSSR count). The number of rotatable bonds is 7. The number of carbonyl (C=O) groups excluding carboxylic acids is 2. The van der Waals surface area contributed by atoms with Gasteiger partial charge in [-0.2, -0.15) is 4.31 Å². The largest absolute Gasteiger partial charge is 0.342 e. The van der Waals surface area contributed by atoms with Crippen LogP contribution in [0.3, 0.4) is 0 Å². The Morgan fingerprint density at radius 1 is 0.857 bits per heavy atom. The summed E-state index contributed by atoms with van der Waals surface area (Å²) in [6, 6.07) is 14.8. The molecule has 35 heavy (non-hydrogen) atoms. The summed E-state index contributed by atoms with van der Waals surface area (Å²) in [5.74, 6) is 0.640. The third-order valence-electron chi connectivity index (χ3n) is 7.59. The van der Waals surface area contributed by atoms with Gasteiger partial charge in [0.15, 0.2) is 5.78 Å². The number of likely N-dealkylation sites (tertiary alicyclic amines) is 1. The predicted molar refractivity (Wildman–Crippen MR) is 137 cm³/mol. The van der Waals surface area contributed by atoms with E-state index < -0.39 is 10.0 Å². The van der Waals surface area contributed by atoms with Crippen LogP contribution in [-0.4, -0.2) is 55.5 Å². The fourth-order valence-corrected chi connectivity index (χ4v) is 6.65. The molecule has 0 spiro atoms. The van der Waals surface area contributed by atoms with E-state index in [1.165, 1.54) is 34.5 Å². The summed E-state index contributed by atoms with van der Waals surface area (Å²) < 4.78 is 27.5. The smallest absolute Gasteiger partial charge is 0.243 e. The second-order valence-corrected chi connectivity index (χ2v) is 12.0. The minimum absolute atomic E-state index is 0.0939. The summed E-state index contributed by atoms with van der Waals surface area (Å²) in [5.41, 5.74) is 3.16. The molecule has 0 aliphatic carbocycles. The average molecular weight is 497 g/mol. The van der Waals surface area contributed by atoms with Crippen LogP contribution in [0, 0.1) is 18.8 Å². The number of sulfonamides is 1. The lowest BCUT2D eigenvalue weighted by Gasteiger charge is -2.37. The van der Waals surface area contributed by atoms with Crippen molar-refractivity contribution in [2.45, 2.75) is 57.3 Å². The lowest BCUT2D eigenvalue weighted by atomic mass is 9.89. The maximum absolute atomic E-state index is 13.1. The average Bonchev–Trinajstić information content (AvgIpc) is 2.88. The first-order valence-corrected chi connectivity index (χ1v) is 14.1. The molecule has 2 heterocycles. The second-order valence-electron chi connectivity index (χ2n) is 10.1. The second kappa shape index (κ2) is 11.0. The Kier molecular flexibility index (Phi) is 8.07. The zero-order chi connectivity index (χ0) is 25.0. The first kappa shape index (κ1) is 25.6. The highest BCUT2D eigenvalue weighted by Crippen LogP contribution is 2.28. The molecule has 6 nitrogen and oxygen atoms in total. The highest BCUT2D eigenvalue weighted by molar-refractivity contribution is 7.89. The van der Waals surface area contributed by atoms with Crippen molar-refractivity contribution in [2.24, 2.45) is 11.8 Å². The Bertz CT molecular complexity index is 1130. The van der Waals surface area contributed by atoms with Gasteiger partial charge in [0.2, 0.25) is 15.9 Å². The van der Waals surface area contributed by atoms with Gasteiger partial charge in [-0.3, -0.25) is 9.59 Å². The summed E-state index contributed by atoms with van der Waals surface area (Å²) in [5, 5.41) is 0. The lowest BCUT2D eigenvalue weighted by Crippen LogP contribution is -2.46. The molecule has 0 N–H and O–H groups in total. The van der Waals surface area contributed by atoms with Crippen molar-refractivity contribution in [3.8, 4) is 0 Å². The Balaban J connectivity index is 1.24. The molecule has 2 saturated heterocycles. The number of piperidine rings is 2. The molecular formula is C28H36N2O4S. The zero-order valence-electron chi connectivity index (χ0n) is 20.8. The standard InChI is InChI=1S/C28H36N2O4S/c1-21-3-5-23(6-4-21)7-8-24-13-17-29(18-14-24)28(32)26-15-19-30(20-16-26)35(33,34)27-11-9-25(10-12-27)22(2)31/h3-6,9-12,24,26H,7-8,13-20H2,1-2H3. The van der Waals surface area contributed by atoms with Crippen LogP contribution >= 0.6 is 0 Å². The molecule has 2 aromatic rings. The highest BCUT2D eigenvalue weighted by atomic mass is 32.2. The van der Waals surface area contributed by atoms with Gasteiger partial charge in [-0.05, 0) is 76.0 Å². The minimum Gasteiger partial charge on any atom is -0.342 e. The molecule has 2 aromatic carbocycles. The fourth-order valence-electron chi connectivity index (χ4n) is 5.18. The summed E-state index contributed by atoms with van der Waals surface area (Å²) in [4.78, 5) is 26.8. The van der Waals surface area contributed by atoms with Crippen LogP contribution < -0.4 is 0 Å². The number of amides is 1. The van der Waals surface area contributed by atoms with Crippen molar-refractivity contribution >= 4 is 21.7 Å². The maximum Gasteiger partial charge on any atom is 0.243 e. The monoisotopic (exact) mass is 496 g/mol. The van der Waals surface area contributed by atoms with E-state index in [1.54, 1.807) is 12.1 Å². The molecular weight excluding hydrogens is 460 g/mol. The quantitative estimate of drug-likeness (QED) is 0.530. The molecule has 2 fully saturated rings. The van der Waals surface area contributed by atoms with Crippen molar-refractivity contribution < 1.29 is 18.0 Å². The maximum atomic E-state index is 13.1. The SMILES string of the molecule is CC(=O)c1ccc(S(=O)(=O)N2CCC(C(=O)N3CCC(CCc4ccc(C)cc4)CC3)CC2)cc1. The van der Waals surface area contributed by atoms with Crippen LogP contribution in [0.15, 0.2) is 53.4 Å². The van der Waals surface area contributed by atoms with Gasteiger partial charge in [0.05, 0.1) is 4.90 Å². The van der Waals surface area contributed by atoms with Gasteiger partial charge in [-0.15, -0.1) is 0 Å². The number of aryl methyl sites for hydroxylation is 2. The molecule has 0 aromatic heterocycles. The van der Waals surface area contributed by atoms with Gasteiger partial charge in [-0.1, -0.05) is 42.0 Å². The molecule has 0 radical (unpaired) electrons. The number of ketones is 1. The van der Waals surface area contributed by atoms with E-state index in [2.05, 4.69) is 31.2 Å². The molecule has 7 heteroatoms. The van der Waals surface area contributed by atoms with Crippen LogP contribution in [0.5, 0.6) is 0 Å². The molecule has 0 saturated carbocycles. The Hall–Kier alpha value is -2.51. The van der Waals surface area contributed by atoms with Crippen LogP contribution in [0.2, 0.25) is 0 Å². The van der Waals surface area contributed by atoms with Crippen LogP contribution in [0.25, 0.3) is 0 Å². The number of benzene rings is 2. The van der Waals surface area contributed by atoms with Gasteiger partial charge in [0.25, 0.3) is 0 Å². The van der Waals surface area contributed by atoms with Gasteiger partial charge >= 0.3 is 0 Å². The zero-order valence-corrected chi connectivity index (χ0v) is 21.6.